The Hall–Kier alpha value is -2.57. The summed E-state index contributed by atoms with van der Waals surface area (Å²) in [6.07, 6.45) is 0.912. The summed E-state index contributed by atoms with van der Waals surface area (Å²) in [7, 11) is 0. The van der Waals surface area contributed by atoms with Crippen LogP contribution in [-0.4, -0.2) is 53.5 Å². The van der Waals surface area contributed by atoms with Crippen LogP contribution < -0.4 is 0 Å². The molecule has 6 nitrogen and oxygen atoms in total. The Morgan fingerprint density at radius 2 is 1.92 bits per heavy atom. The number of hydrogen-bond acceptors (Lipinski definition) is 5. The van der Waals surface area contributed by atoms with E-state index in [1.165, 1.54) is 0 Å². The molecule has 1 aliphatic heterocycles. The van der Waals surface area contributed by atoms with Gasteiger partial charge in [-0.2, -0.15) is 0 Å². The van der Waals surface area contributed by atoms with Crippen molar-refractivity contribution in [1.29, 1.82) is 0 Å². The second-order valence-corrected chi connectivity index (χ2v) is 6.27. The van der Waals surface area contributed by atoms with Crippen LogP contribution in [0, 0.1) is 0 Å². The maximum absolute atomic E-state index is 12.6. The van der Waals surface area contributed by atoms with Crippen molar-refractivity contribution in [2.45, 2.75) is 6.10 Å². The lowest BCUT2D eigenvalue weighted by molar-refractivity contribution is 0.0467. The highest BCUT2D eigenvalue weighted by atomic mass is 16.4. The molecule has 0 bridgehead atoms. The van der Waals surface area contributed by atoms with Crippen LogP contribution in [0.3, 0.4) is 0 Å². The van der Waals surface area contributed by atoms with Crippen LogP contribution in [0.15, 0.2) is 57.6 Å². The van der Waals surface area contributed by atoms with Crippen molar-refractivity contribution in [3.63, 3.8) is 0 Å². The van der Waals surface area contributed by atoms with Crippen LogP contribution >= 0.6 is 0 Å². The minimum atomic E-state index is -0.646. The van der Waals surface area contributed by atoms with E-state index in [1.807, 2.05) is 24.3 Å². The number of aliphatic hydroxyl groups is 1. The maximum atomic E-state index is 12.6. The molecule has 1 fully saturated rings. The Labute approximate surface area is 145 Å². The van der Waals surface area contributed by atoms with Gasteiger partial charge in [0.1, 0.15) is 17.4 Å². The fourth-order valence-electron chi connectivity index (χ4n) is 3.19. The van der Waals surface area contributed by atoms with Crippen LogP contribution in [0.4, 0.5) is 0 Å². The number of hydrogen-bond donors (Lipinski definition) is 1. The van der Waals surface area contributed by atoms with Gasteiger partial charge in [0.25, 0.3) is 5.91 Å². The second-order valence-electron chi connectivity index (χ2n) is 6.27. The molecule has 0 spiro atoms. The number of rotatable bonds is 4. The topological polar surface area (TPSA) is 70.1 Å². The monoisotopic (exact) mass is 340 g/mol. The number of carbonyl (C=O) groups is 1. The van der Waals surface area contributed by atoms with Gasteiger partial charge in [0.2, 0.25) is 0 Å². The standard InChI is InChI=1S/C19H20N2O4/c22-15(17-6-3-11-24-17)13-20-7-9-21(10-8-20)19(23)18-12-14-4-1-2-5-16(14)25-18/h1-6,11-12,15,22H,7-10,13H2. The molecule has 25 heavy (non-hydrogen) atoms. The highest BCUT2D eigenvalue weighted by Crippen LogP contribution is 2.21. The molecular weight excluding hydrogens is 320 g/mol. The van der Waals surface area contributed by atoms with Crippen LogP contribution in [0.25, 0.3) is 11.0 Å². The number of carbonyl (C=O) groups excluding carboxylic acids is 1. The molecule has 1 aliphatic rings. The first-order valence-electron chi connectivity index (χ1n) is 8.42. The van der Waals surface area contributed by atoms with E-state index < -0.39 is 6.10 Å². The molecule has 0 radical (unpaired) electrons. The van der Waals surface area contributed by atoms with E-state index in [0.29, 0.717) is 44.2 Å². The van der Waals surface area contributed by atoms with Gasteiger partial charge in [-0.3, -0.25) is 9.69 Å². The van der Waals surface area contributed by atoms with E-state index in [2.05, 4.69) is 4.90 Å². The second kappa shape index (κ2) is 6.74. The summed E-state index contributed by atoms with van der Waals surface area (Å²) >= 11 is 0. The number of aliphatic hydroxyl groups excluding tert-OH is 1. The summed E-state index contributed by atoms with van der Waals surface area (Å²) in [5.74, 6) is 0.869. The van der Waals surface area contributed by atoms with Crippen LogP contribution in [0.2, 0.25) is 0 Å². The minimum absolute atomic E-state index is 0.0811. The van der Waals surface area contributed by atoms with Gasteiger partial charge in [-0.1, -0.05) is 18.2 Å². The fourth-order valence-corrected chi connectivity index (χ4v) is 3.19. The largest absolute Gasteiger partial charge is 0.467 e. The molecule has 1 atom stereocenters. The van der Waals surface area contributed by atoms with Gasteiger partial charge in [0.05, 0.1) is 6.26 Å². The average molecular weight is 340 g/mol. The number of benzene rings is 1. The molecule has 1 aromatic carbocycles. The molecule has 4 rings (SSSR count). The van der Waals surface area contributed by atoms with Crippen molar-refractivity contribution < 1.29 is 18.7 Å². The number of furan rings is 2. The molecule has 0 aliphatic carbocycles. The number of fused-ring (bicyclic) bond motifs is 1. The Morgan fingerprint density at radius 3 is 2.64 bits per heavy atom. The quantitative estimate of drug-likeness (QED) is 0.790. The third-order valence-corrected chi connectivity index (χ3v) is 4.60. The van der Waals surface area contributed by atoms with E-state index in [0.717, 1.165) is 11.0 Å². The number of β-amino-alcohol motifs (C(OH)–C–C–N with tert-alkyl or cyclic N) is 1. The Morgan fingerprint density at radius 1 is 1.12 bits per heavy atom. The van der Waals surface area contributed by atoms with E-state index in [4.69, 9.17) is 8.83 Å². The predicted molar refractivity (Wildman–Crippen MR) is 92.2 cm³/mol. The average Bonchev–Trinajstić information content (AvgIpc) is 3.31. The first-order chi connectivity index (χ1) is 12.2. The van der Waals surface area contributed by atoms with Crippen molar-refractivity contribution >= 4 is 16.9 Å². The highest BCUT2D eigenvalue weighted by molar-refractivity contribution is 5.96. The zero-order valence-electron chi connectivity index (χ0n) is 13.8. The van der Waals surface area contributed by atoms with Crippen LogP contribution in [0.5, 0.6) is 0 Å². The molecule has 1 amide bonds. The summed E-state index contributed by atoms with van der Waals surface area (Å²) in [5, 5.41) is 11.1. The summed E-state index contributed by atoms with van der Waals surface area (Å²) in [4.78, 5) is 16.6. The van der Waals surface area contributed by atoms with Crippen molar-refractivity contribution in [2.75, 3.05) is 32.7 Å². The number of nitrogens with zero attached hydrogens (tertiary/aromatic N) is 2. The lowest BCUT2D eigenvalue weighted by Crippen LogP contribution is -2.49. The third-order valence-electron chi connectivity index (χ3n) is 4.60. The normalized spacial score (nSPS) is 17.1. The van der Waals surface area contributed by atoms with Gasteiger partial charge in [-0.05, 0) is 24.3 Å². The Kier molecular flexibility index (Phi) is 4.29. The molecule has 6 heteroatoms. The lowest BCUT2D eigenvalue weighted by atomic mass is 10.2. The van der Waals surface area contributed by atoms with E-state index in [-0.39, 0.29) is 5.91 Å². The molecule has 1 N–H and O–H groups in total. The molecule has 3 aromatic rings. The number of para-hydroxylation sites is 1. The highest BCUT2D eigenvalue weighted by Gasteiger charge is 2.26. The summed E-state index contributed by atoms with van der Waals surface area (Å²) in [6.45, 7) is 3.15. The lowest BCUT2D eigenvalue weighted by Gasteiger charge is -2.34. The molecular formula is C19H20N2O4. The summed E-state index contributed by atoms with van der Waals surface area (Å²) < 4.78 is 10.9. The minimum Gasteiger partial charge on any atom is -0.467 e. The molecule has 1 saturated heterocycles. The Balaban J connectivity index is 1.35. The Bertz CT molecular complexity index is 814. The van der Waals surface area contributed by atoms with Crippen LogP contribution in [0.1, 0.15) is 22.4 Å². The van der Waals surface area contributed by atoms with Crippen molar-refractivity contribution in [3.05, 3.63) is 60.2 Å². The SMILES string of the molecule is O=C(c1cc2ccccc2o1)N1CCN(CC(O)c2ccco2)CC1. The van der Waals surface area contributed by atoms with Gasteiger partial charge in [0, 0.05) is 38.1 Å². The summed E-state index contributed by atoms with van der Waals surface area (Å²) in [5.41, 5.74) is 0.728. The number of piperazine rings is 1. The molecule has 2 aromatic heterocycles. The van der Waals surface area contributed by atoms with E-state index >= 15 is 0 Å². The smallest absolute Gasteiger partial charge is 0.289 e. The van der Waals surface area contributed by atoms with Gasteiger partial charge in [-0.25, -0.2) is 0 Å². The third kappa shape index (κ3) is 3.31. The predicted octanol–water partition coefficient (Wildman–Crippen LogP) is 2.52. The van der Waals surface area contributed by atoms with Gasteiger partial charge in [-0.15, -0.1) is 0 Å². The van der Waals surface area contributed by atoms with Gasteiger partial charge in [0.15, 0.2) is 5.76 Å². The number of amides is 1. The molecule has 0 saturated carbocycles. The first-order valence-corrected chi connectivity index (χ1v) is 8.42. The van der Waals surface area contributed by atoms with Crippen molar-refractivity contribution in [2.24, 2.45) is 0 Å². The summed E-state index contributed by atoms with van der Waals surface area (Å²) in [6, 6.07) is 12.9. The van der Waals surface area contributed by atoms with Gasteiger partial charge < -0.3 is 18.8 Å². The fraction of sp³-hybridized carbons (Fsp3) is 0.316. The molecule has 1 unspecified atom stereocenters. The molecule has 3 heterocycles. The molecule has 130 valence electrons. The van der Waals surface area contributed by atoms with E-state index in [1.54, 1.807) is 29.4 Å². The first kappa shape index (κ1) is 15.9. The van der Waals surface area contributed by atoms with Crippen LogP contribution in [-0.2, 0) is 0 Å². The zero-order chi connectivity index (χ0) is 17.2. The van der Waals surface area contributed by atoms with Gasteiger partial charge >= 0.3 is 0 Å². The van der Waals surface area contributed by atoms with Crippen molar-refractivity contribution in [1.82, 2.24) is 9.80 Å². The zero-order valence-corrected chi connectivity index (χ0v) is 13.8. The maximum Gasteiger partial charge on any atom is 0.289 e. The van der Waals surface area contributed by atoms with E-state index in [9.17, 15) is 9.90 Å². The van der Waals surface area contributed by atoms with Crippen molar-refractivity contribution in [3.8, 4) is 0 Å².